The van der Waals surface area contributed by atoms with Crippen LogP contribution in [-0.2, 0) is 21.3 Å². The molecule has 3 atom stereocenters. The van der Waals surface area contributed by atoms with Crippen LogP contribution in [0.15, 0.2) is 73.3 Å². The highest BCUT2D eigenvalue weighted by atomic mass is 32.1. The predicted octanol–water partition coefficient (Wildman–Crippen LogP) is 4.86. The van der Waals surface area contributed by atoms with Gasteiger partial charge in [0.25, 0.3) is 5.91 Å². The third-order valence-electron chi connectivity index (χ3n) is 8.62. The van der Waals surface area contributed by atoms with Gasteiger partial charge in [0.1, 0.15) is 5.54 Å². The molecule has 7 N–H and O–H groups in total. The zero-order chi connectivity index (χ0) is 32.3. The third kappa shape index (κ3) is 4.98. The fourth-order valence-electron chi connectivity index (χ4n) is 6.44. The summed E-state index contributed by atoms with van der Waals surface area (Å²) in [5, 5.41) is 3.47. The molecule has 0 spiro atoms. The van der Waals surface area contributed by atoms with Gasteiger partial charge >= 0.3 is 6.18 Å². The average molecular weight is 634 g/mol. The Morgan fingerprint density at radius 2 is 1.87 bits per heavy atom. The van der Waals surface area contributed by atoms with E-state index in [4.69, 9.17) is 17.2 Å². The van der Waals surface area contributed by atoms with Crippen molar-refractivity contribution >= 4 is 44.7 Å². The number of amides is 2. The smallest absolute Gasteiger partial charge is 0.398 e. The van der Waals surface area contributed by atoms with Gasteiger partial charge < -0.3 is 27.4 Å². The Labute approximate surface area is 260 Å². The lowest BCUT2D eigenvalue weighted by Crippen LogP contribution is -2.53. The molecule has 1 saturated heterocycles. The van der Waals surface area contributed by atoms with Crippen LogP contribution in [-0.4, -0.2) is 41.6 Å². The summed E-state index contributed by atoms with van der Waals surface area (Å²) >= 11 is 1.10. The van der Waals surface area contributed by atoms with E-state index in [9.17, 15) is 27.6 Å². The van der Waals surface area contributed by atoms with Crippen molar-refractivity contribution in [2.75, 3.05) is 18.8 Å². The van der Waals surface area contributed by atoms with Gasteiger partial charge in [0.05, 0.1) is 21.2 Å². The van der Waals surface area contributed by atoms with Crippen LogP contribution in [0.3, 0.4) is 0 Å². The van der Waals surface area contributed by atoms with Crippen molar-refractivity contribution in [2.45, 2.75) is 36.6 Å². The molecule has 3 unspecified atom stereocenters. The molecule has 232 valence electrons. The Morgan fingerprint density at radius 3 is 2.60 bits per heavy atom. The number of alkyl halides is 3. The van der Waals surface area contributed by atoms with Crippen molar-refractivity contribution in [1.29, 1.82) is 0 Å². The van der Waals surface area contributed by atoms with Crippen molar-refractivity contribution in [2.24, 2.45) is 11.5 Å². The zero-order valence-electron chi connectivity index (χ0n) is 24.0. The van der Waals surface area contributed by atoms with Crippen LogP contribution >= 0.6 is 11.3 Å². The fourth-order valence-corrected chi connectivity index (χ4v) is 7.64. The number of hydrogen-bond donors (Lipinski definition) is 4. The normalized spacial score (nSPS) is 21.5. The third-order valence-corrected chi connectivity index (χ3v) is 9.88. The van der Waals surface area contributed by atoms with E-state index in [0.717, 1.165) is 17.4 Å². The summed E-state index contributed by atoms with van der Waals surface area (Å²) < 4.78 is 42.1. The van der Waals surface area contributed by atoms with Crippen LogP contribution in [0.2, 0.25) is 0 Å². The molecule has 12 heteroatoms. The molecule has 0 bridgehead atoms. The number of Topliss-reactive ketones (excluding diaryl/α,β-unsaturated/α-hetero) is 1. The number of carbonyl (C=O) groups excluding carboxylic acids is 3. The predicted molar refractivity (Wildman–Crippen MR) is 167 cm³/mol. The molecule has 8 nitrogen and oxygen atoms in total. The number of ketones is 1. The maximum Gasteiger partial charge on any atom is 0.417 e. The summed E-state index contributed by atoms with van der Waals surface area (Å²) in [6.45, 7) is 4.41. The maximum absolute atomic E-state index is 14.2. The van der Waals surface area contributed by atoms with Gasteiger partial charge in [-0.2, -0.15) is 13.2 Å². The number of anilines is 1. The van der Waals surface area contributed by atoms with Gasteiger partial charge in [-0.3, -0.25) is 14.4 Å². The summed E-state index contributed by atoms with van der Waals surface area (Å²) in [6.07, 6.45) is -2.01. The second-order valence-electron chi connectivity index (χ2n) is 11.3. The highest BCUT2D eigenvalue weighted by Gasteiger charge is 2.49. The van der Waals surface area contributed by atoms with E-state index in [2.05, 4.69) is 11.9 Å². The molecule has 2 amide bonds. The van der Waals surface area contributed by atoms with Crippen LogP contribution in [0.5, 0.6) is 0 Å². The minimum atomic E-state index is -4.60. The topological polar surface area (TPSA) is 145 Å². The van der Waals surface area contributed by atoms with Gasteiger partial charge in [0, 0.05) is 35.8 Å². The van der Waals surface area contributed by atoms with Crippen molar-refractivity contribution in [3.63, 3.8) is 0 Å². The highest BCUT2D eigenvalue weighted by Crippen LogP contribution is 2.50. The number of carbonyl (C=O) groups is 3. The molecule has 0 radical (unpaired) electrons. The lowest BCUT2D eigenvalue weighted by molar-refractivity contribution is -0.137. The zero-order valence-corrected chi connectivity index (χ0v) is 24.8. The monoisotopic (exact) mass is 633 g/mol. The van der Waals surface area contributed by atoms with Crippen LogP contribution < -0.4 is 22.5 Å². The van der Waals surface area contributed by atoms with Gasteiger partial charge in [-0.15, -0.1) is 11.3 Å². The Bertz CT molecular complexity index is 1890. The Hall–Kier alpha value is -4.52. The number of nitrogen functional groups attached to an aromatic ring is 1. The molecule has 2 aliphatic rings. The summed E-state index contributed by atoms with van der Waals surface area (Å²) in [5.74, 6) is -1.29. The number of hydrogen-bond acceptors (Lipinski definition) is 7. The maximum atomic E-state index is 14.2. The van der Waals surface area contributed by atoms with E-state index >= 15 is 0 Å². The Kier molecular flexibility index (Phi) is 7.54. The number of thiophene rings is 1. The van der Waals surface area contributed by atoms with E-state index in [0.29, 0.717) is 52.8 Å². The lowest BCUT2D eigenvalue weighted by atomic mass is 9.70. The number of nitrogens with zero attached hydrogens (tertiary/aromatic N) is 1. The molecule has 4 aromatic rings. The minimum Gasteiger partial charge on any atom is -0.398 e. The summed E-state index contributed by atoms with van der Waals surface area (Å²) in [4.78, 5) is 41.9. The molecule has 6 rings (SSSR count). The van der Waals surface area contributed by atoms with E-state index in [1.54, 1.807) is 29.2 Å². The first kappa shape index (κ1) is 30.5. The van der Waals surface area contributed by atoms with Gasteiger partial charge in [-0.25, -0.2) is 0 Å². The summed E-state index contributed by atoms with van der Waals surface area (Å²) in [6, 6.07) is 12.9. The Morgan fingerprint density at radius 1 is 1.11 bits per heavy atom. The van der Waals surface area contributed by atoms with Crippen LogP contribution in [0, 0.1) is 0 Å². The second kappa shape index (κ2) is 11.1. The molecule has 2 heterocycles. The van der Waals surface area contributed by atoms with Gasteiger partial charge in [-0.1, -0.05) is 49.0 Å². The first-order chi connectivity index (χ1) is 21.4. The van der Waals surface area contributed by atoms with Gasteiger partial charge in [0.15, 0.2) is 5.78 Å². The number of likely N-dealkylation sites (tertiary alicyclic amines) is 1. The first-order valence-electron chi connectivity index (χ1n) is 14.3. The fraction of sp³-hybridized carbons (Fsp3) is 0.242. The lowest BCUT2D eigenvalue weighted by Gasteiger charge is -2.37. The second-order valence-corrected chi connectivity index (χ2v) is 12.3. The van der Waals surface area contributed by atoms with E-state index in [-0.39, 0.29) is 33.5 Å². The van der Waals surface area contributed by atoms with Crippen LogP contribution in [0.4, 0.5) is 18.9 Å². The number of piperidine rings is 1. The largest absolute Gasteiger partial charge is 0.417 e. The molecule has 1 aliphatic carbocycles. The molecule has 0 saturated carbocycles. The molecule has 3 aromatic carbocycles. The molecule has 1 aromatic heterocycles. The summed E-state index contributed by atoms with van der Waals surface area (Å²) in [7, 11) is 0. The van der Waals surface area contributed by atoms with Gasteiger partial charge in [-0.05, 0) is 59.4 Å². The number of benzene rings is 3. The van der Waals surface area contributed by atoms with E-state index in [1.807, 2.05) is 0 Å². The Balaban J connectivity index is 1.44. The van der Waals surface area contributed by atoms with Gasteiger partial charge in [0.2, 0.25) is 5.91 Å². The van der Waals surface area contributed by atoms with Crippen LogP contribution in [0.1, 0.15) is 50.8 Å². The molecular formula is C33H30F3N5O3S. The molecule has 45 heavy (non-hydrogen) atoms. The molecular weight excluding hydrogens is 603 g/mol. The standard InChI is InChI=1S/C33H30F3N5O3S/c1-2-24(42)41-14-6-9-19(16-41)40-31(44)29-26-25-22(12-13-23(37)28(25)45-29)32(39,30(43)27(26)38)18-8-5-7-17(15-18)20-10-3-4-11-21(20)33(34,35)36/h2-5,7-8,10-13,15,19,27H,1,6,9,14,16,37-39H2,(H,40,44). The van der Waals surface area contributed by atoms with Crippen molar-refractivity contribution in [3.8, 4) is 11.1 Å². The number of nitrogens with two attached hydrogens (primary N) is 3. The number of halogens is 3. The minimum absolute atomic E-state index is 0.0586. The number of rotatable bonds is 5. The first-order valence-corrected chi connectivity index (χ1v) is 15.1. The van der Waals surface area contributed by atoms with Crippen molar-refractivity contribution in [3.05, 3.63) is 100 Å². The van der Waals surface area contributed by atoms with Crippen molar-refractivity contribution < 1.29 is 27.6 Å². The average Bonchev–Trinajstić information content (AvgIpc) is 3.45. The highest BCUT2D eigenvalue weighted by molar-refractivity contribution is 7.21. The van der Waals surface area contributed by atoms with Crippen LogP contribution in [0.25, 0.3) is 21.2 Å². The molecule has 1 aliphatic heterocycles. The molecule has 1 fully saturated rings. The number of nitrogens with one attached hydrogen (secondary N) is 1. The van der Waals surface area contributed by atoms with E-state index in [1.165, 1.54) is 36.4 Å². The van der Waals surface area contributed by atoms with E-state index < -0.39 is 35.0 Å². The summed E-state index contributed by atoms with van der Waals surface area (Å²) in [5.41, 5.74) is 18.7. The SMILES string of the molecule is C=CC(=O)N1CCCC(NC(=O)c2sc3c(N)ccc4c3c2C(N)C(=O)C4(N)c2cccc(-c3ccccc3C(F)(F)F)c2)C1. The van der Waals surface area contributed by atoms with Crippen molar-refractivity contribution in [1.82, 2.24) is 10.2 Å². The quantitative estimate of drug-likeness (QED) is 0.183.